The van der Waals surface area contributed by atoms with Gasteiger partial charge in [0, 0.05) is 18.0 Å². The van der Waals surface area contributed by atoms with Gasteiger partial charge >= 0.3 is 0 Å². The van der Waals surface area contributed by atoms with Crippen molar-refractivity contribution in [2.75, 3.05) is 24.6 Å². The third-order valence-electron chi connectivity index (χ3n) is 3.94. The molecule has 6 heteroatoms. The predicted octanol–water partition coefficient (Wildman–Crippen LogP) is 1.80. The van der Waals surface area contributed by atoms with E-state index in [0.29, 0.717) is 19.5 Å². The van der Waals surface area contributed by atoms with E-state index < -0.39 is 9.84 Å². The molecular formula is C14H17NO3S2. The molecule has 1 aromatic heterocycles. The smallest absolute Gasteiger partial charge is 0.227 e. The Bertz CT molecular complexity index is 631. The first-order valence-corrected chi connectivity index (χ1v) is 9.47. The molecule has 1 fully saturated rings. The molecule has 0 bridgehead atoms. The third-order valence-corrected chi connectivity index (χ3v) is 6.65. The zero-order valence-electron chi connectivity index (χ0n) is 11.1. The van der Waals surface area contributed by atoms with Crippen molar-refractivity contribution in [2.24, 2.45) is 5.92 Å². The van der Waals surface area contributed by atoms with Gasteiger partial charge in [-0.05, 0) is 29.9 Å². The van der Waals surface area contributed by atoms with Crippen LogP contribution in [0.2, 0.25) is 0 Å². The summed E-state index contributed by atoms with van der Waals surface area (Å²) in [6, 6.07) is 4.12. The number of sulfone groups is 1. The molecule has 1 atom stereocenters. The van der Waals surface area contributed by atoms with Crippen LogP contribution in [0.3, 0.4) is 0 Å². The van der Waals surface area contributed by atoms with Gasteiger partial charge in [0.15, 0.2) is 9.84 Å². The van der Waals surface area contributed by atoms with Gasteiger partial charge in [-0.15, -0.1) is 11.3 Å². The van der Waals surface area contributed by atoms with Crippen LogP contribution >= 0.6 is 11.3 Å². The Morgan fingerprint density at radius 2 is 2.25 bits per heavy atom. The summed E-state index contributed by atoms with van der Waals surface area (Å²) in [7, 11) is -2.99. The summed E-state index contributed by atoms with van der Waals surface area (Å²) in [4.78, 5) is 15.4. The minimum absolute atomic E-state index is 0.00699. The van der Waals surface area contributed by atoms with Gasteiger partial charge in [-0.25, -0.2) is 8.42 Å². The van der Waals surface area contributed by atoms with Crippen LogP contribution < -0.4 is 0 Å². The molecule has 0 radical (unpaired) electrons. The van der Waals surface area contributed by atoms with E-state index >= 15 is 0 Å². The second-order valence-corrected chi connectivity index (χ2v) is 8.52. The van der Waals surface area contributed by atoms with E-state index in [4.69, 9.17) is 0 Å². The summed E-state index contributed by atoms with van der Waals surface area (Å²) in [5.74, 6) is -0.124. The van der Waals surface area contributed by atoms with Gasteiger partial charge in [0.2, 0.25) is 5.91 Å². The fourth-order valence-electron chi connectivity index (χ4n) is 2.80. The Morgan fingerprint density at radius 1 is 1.40 bits per heavy atom. The average molecular weight is 311 g/mol. The van der Waals surface area contributed by atoms with Gasteiger partial charge in [0.05, 0.1) is 17.4 Å². The van der Waals surface area contributed by atoms with Crippen molar-refractivity contribution in [2.45, 2.75) is 12.8 Å². The lowest BCUT2D eigenvalue weighted by atomic mass is 10.0. The molecule has 108 valence electrons. The van der Waals surface area contributed by atoms with Gasteiger partial charge in [0.1, 0.15) is 0 Å². The van der Waals surface area contributed by atoms with Crippen molar-refractivity contribution >= 4 is 32.7 Å². The lowest BCUT2D eigenvalue weighted by molar-refractivity contribution is -0.134. The first kappa shape index (κ1) is 13.8. The molecule has 2 aliphatic heterocycles. The van der Waals surface area contributed by atoms with Crippen LogP contribution in [0.25, 0.3) is 5.57 Å². The number of nitrogens with zero attached hydrogens (tertiary/aromatic N) is 1. The van der Waals surface area contributed by atoms with Crippen LogP contribution in [0.5, 0.6) is 0 Å². The Balaban J connectivity index is 1.65. The lowest BCUT2D eigenvalue weighted by Gasteiger charge is -2.28. The van der Waals surface area contributed by atoms with Gasteiger partial charge in [-0.3, -0.25) is 4.79 Å². The van der Waals surface area contributed by atoms with E-state index in [-0.39, 0.29) is 23.3 Å². The van der Waals surface area contributed by atoms with E-state index in [1.165, 1.54) is 10.5 Å². The van der Waals surface area contributed by atoms with Gasteiger partial charge in [0.25, 0.3) is 0 Å². The second-order valence-electron chi connectivity index (χ2n) is 5.34. The molecule has 3 heterocycles. The van der Waals surface area contributed by atoms with Crippen molar-refractivity contribution in [3.8, 4) is 0 Å². The number of hydrogen-bond donors (Lipinski definition) is 0. The first-order chi connectivity index (χ1) is 9.55. The largest absolute Gasteiger partial charge is 0.338 e. The number of carbonyl (C=O) groups is 1. The monoisotopic (exact) mass is 311 g/mol. The van der Waals surface area contributed by atoms with Gasteiger partial charge < -0.3 is 4.90 Å². The molecule has 1 aromatic rings. The van der Waals surface area contributed by atoms with Crippen LogP contribution in [0.1, 0.15) is 17.7 Å². The Kier molecular flexibility index (Phi) is 3.69. The van der Waals surface area contributed by atoms with Crippen molar-refractivity contribution in [3.05, 3.63) is 28.5 Å². The summed E-state index contributed by atoms with van der Waals surface area (Å²) >= 11 is 1.71. The summed E-state index contributed by atoms with van der Waals surface area (Å²) in [5.41, 5.74) is 1.29. The minimum Gasteiger partial charge on any atom is -0.338 e. The highest BCUT2D eigenvalue weighted by atomic mass is 32.2. The molecule has 0 N–H and O–H groups in total. The van der Waals surface area contributed by atoms with Crippen LogP contribution in [0, 0.1) is 5.92 Å². The van der Waals surface area contributed by atoms with E-state index in [1.54, 1.807) is 16.2 Å². The zero-order chi connectivity index (χ0) is 14.2. The molecule has 2 aliphatic rings. The molecular weight excluding hydrogens is 294 g/mol. The number of amides is 1. The normalized spacial score (nSPS) is 25.5. The van der Waals surface area contributed by atoms with E-state index in [0.717, 1.165) is 6.42 Å². The van der Waals surface area contributed by atoms with E-state index in [9.17, 15) is 13.2 Å². The highest BCUT2D eigenvalue weighted by Gasteiger charge is 2.35. The first-order valence-electron chi connectivity index (χ1n) is 6.77. The van der Waals surface area contributed by atoms with Crippen molar-refractivity contribution < 1.29 is 13.2 Å². The zero-order valence-corrected chi connectivity index (χ0v) is 12.8. The van der Waals surface area contributed by atoms with E-state index in [2.05, 4.69) is 17.5 Å². The second kappa shape index (κ2) is 5.33. The molecule has 0 unspecified atom stereocenters. The van der Waals surface area contributed by atoms with E-state index in [1.807, 2.05) is 6.07 Å². The number of rotatable bonds is 2. The summed E-state index contributed by atoms with van der Waals surface area (Å²) in [6.45, 7) is 1.29. The standard InChI is InChI=1S/C14H17NO3S2/c16-14(12-5-9-20(17,18)10-12)15-6-3-11(4-7-15)13-2-1-8-19-13/h1-3,8,12H,4-7,9-10H2/t12-/m1/s1. The Labute approximate surface area is 123 Å². The van der Waals surface area contributed by atoms with Crippen LogP contribution in [0.15, 0.2) is 23.6 Å². The van der Waals surface area contributed by atoms with Crippen molar-refractivity contribution in [1.82, 2.24) is 4.90 Å². The minimum atomic E-state index is -2.99. The Morgan fingerprint density at radius 3 is 2.80 bits per heavy atom. The maximum Gasteiger partial charge on any atom is 0.227 e. The number of thiophene rings is 1. The van der Waals surface area contributed by atoms with Crippen LogP contribution in [0.4, 0.5) is 0 Å². The maximum absolute atomic E-state index is 12.3. The lowest BCUT2D eigenvalue weighted by Crippen LogP contribution is -2.39. The van der Waals surface area contributed by atoms with Crippen LogP contribution in [-0.4, -0.2) is 43.8 Å². The number of carbonyl (C=O) groups excluding carboxylic acids is 1. The van der Waals surface area contributed by atoms with Crippen LogP contribution in [-0.2, 0) is 14.6 Å². The molecule has 0 aromatic carbocycles. The molecule has 20 heavy (non-hydrogen) atoms. The number of hydrogen-bond acceptors (Lipinski definition) is 4. The average Bonchev–Trinajstić information content (AvgIpc) is 3.07. The van der Waals surface area contributed by atoms with Gasteiger partial charge in [-0.2, -0.15) is 0 Å². The third kappa shape index (κ3) is 2.81. The Hall–Kier alpha value is -1.14. The molecule has 0 saturated carbocycles. The summed E-state index contributed by atoms with van der Waals surface area (Å²) in [5, 5.41) is 2.05. The summed E-state index contributed by atoms with van der Waals surface area (Å²) < 4.78 is 22.9. The fourth-order valence-corrected chi connectivity index (χ4v) is 5.33. The SMILES string of the molecule is O=C([C@@H]1CCS(=O)(=O)C1)N1CC=C(c2cccs2)CC1. The topological polar surface area (TPSA) is 54.5 Å². The highest BCUT2D eigenvalue weighted by molar-refractivity contribution is 7.91. The molecule has 0 aliphatic carbocycles. The highest BCUT2D eigenvalue weighted by Crippen LogP contribution is 2.28. The molecule has 0 spiro atoms. The van der Waals surface area contributed by atoms with Gasteiger partial charge in [-0.1, -0.05) is 12.1 Å². The molecule has 3 rings (SSSR count). The molecule has 1 saturated heterocycles. The van der Waals surface area contributed by atoms with Crippen molar-refractivity contribution in [1.29, 1.82) is 0 Å². The quantitative estimate of drug-likeness (QED) is 0.837. The maximum atomic E-state index is 12.3. The predicted molar refractivity (Wildman–Crippen MR) is 80.3 cm³/mol. The van der Waals surface area contributed by atoms with Crippen molar-refractivity contribution in [3.63, 3.8) is 0 Å². The molecule has 4 nitrogen and oxygen atoms in total. The summed E-state index contributed by atoms with van der Waals surface area (Å²) in [6.07, 6.45) is 3.43. The fraction of sp³-hybridized carbons (Fsp3) is 0.500. The molecule has 1 amide bonds.